The maximum absolute atomic E-state index is 5.49. The molecule has 3 heteroatoms. The molecule has 14 heavy (non-hydrogen) atoms. The average molecular weight is 198 g/mol. The second-order valence-corrected chi connectivity index (χ2v) is 3.68. The molecule has 0 aromatic carbocycles. The molecular formula is C11H22N2O. The number of rotatable bonds is 6. The van der Waals surface area contributed by atoms with Crippen molar-refractivity contribution in [3.8, 4) is 11.8 Å². The smallest absolute Gasteiger partial charge is 0.0760 e. The van der Waals surface area contributed by atoms with Gasteiger partial charge in [0.05, 0.1) is 6.10 Å². The minimum atomic E-state index is 0.152. The van der Waals surface area contributed by atoms with E-state index in [1.54, 1.807) is 7.11 Å². The molecule has 0 fully saturated rings. The number of methoxy groups -OCH3 is 1. The molecule has 0 heterocycles. The van der Waals surface area contributed by atoms with Crippen molar-refractivity contribution in [2.45, 2.75) is 45.8 Å². The molecule has 2 atom stereocenters. The minimum Gasteiger partial charge on any atom is -0.380 e. The standard InChI is InChI=1S/C11H22N2O/c1-5-6-7-8-10(13-12)11(14-4)9(2)3/h9-11,13H,7-8,12H2,1-4H3. The van der Waals surface area contributed by atoms with Crippen molar-refractivity contribution in [3.63, 3.8) is 0 Å². The molecule has 0 amide bonds. The normalized spacial score (nSPS) is 14.7. The van der Waals surface area contributed by atoms with Crippen LogP contribution >= 0.6 is 0 Å². The minimum absolute atomic E-state index is 0.152. The van der Waals surface area contributed by atoms with E-state index in [0.29, 0.717) is 5.92 Å². The zero-order valence-electron chi connectivity index (χ0n) is 9.63. The van der Waals surface area contributed by atoms with E-state index in [0.717, 1.165) is 12.8 Å². The predicted molar refractivity (Wildman–Crippen MR) is 59.4 cm³/mol. The Labute approximate surface area is 87.4 Å². The third kappa shape index (κ3) is 4.61. The molecule has 0 rings (SSSR count). The summed E-state index contributed by atoms with van der Waals surface area (Å²) in [6, 6.07) is 0.181. The van der Waals surface area contributed by atoms with Gasteiger partial charge in [0.1, 0.15) is 0 Å². The van der Waals surface area contributed by atoms with E-state index in [4.69, 9.17) is 10.6 Å². The molecule has 0 aliphatic rings. The molecule has 0 spiro atoms. The van der Waals surface area contributed by atoms with Crippen LogP contribution in [0.4, 0.5) is 0 Å². The van der Waals surface area contributed by atoms with Gasteiger partial charge in [-0.25, -0.2) is 0 Å². The van der Waals surface area contributed by atoms with Crippen molar-refractivity contribution >= 4 is 0 Å². The van der Waals surface area contributed by atoms with Crippen LogP contribution in [0.15, 0.2) is 0 Å². The van der Waals surface area contributed by atoms with Gasteiger partial charge in [0, 0.05) is 19.6 Å². The lowest BCUT2D eigenvalue weighted by Crippen LogP contribution is -2.47. The number of ether oxygens (including phenoxy) is 1. The molecule has 0 bridgehead atoms. The molecule has 2 unspecified atom stereocenters. The Hall–Kier alpha value is -0.560. The Morgan fingerprint density at radius 2 is 2.07 bits per heavy atom. The quantitative estimate of drug-likeness (QED) is 0.384. The van der Waals surface area contributed by atoms with Gasteiger partial charge in [0.15, 0.2) is 0 Å². The van der Waals surface area contributed by atoms with E-state index in [1.165, 1.54) is 0 Å². The highest BCUT2D eigenvalue weighted by atomic mass is 16.5. The molecule has 0 aromatic rings. The first-order valence-electron chi connectivity index (χ1n) is 5.05. The lowest BCUT2D eigenvalue weighted by atomic mass is 9.96. The van der Waals surface area contributed by atoms with Crippen molar-refractivity contribution in [2.24, 2.45) is 11.8 Å². The van der Waals surface area contributed by atoms with Gasteiger partial charge in [-0.15, -0.1) is 11.8 Å². The van der Waals surface area contributed by atoms with E-state index < -0.39 is 0 Å². The van der Waals surface area contributed by atoms with Gasteiger partial charge in [-0.2, -0.15) is 0 Å². The Morgan fingerprint density at radius 1 is 1.43 bits per heavy atom. The second-order valence-electron chi connectivity index (χ2n) is 3.68. The highest BCUT2D eigenvalue weighted by Gasteiger charge is 2.22. The van der Waals surface area contributed by atoms with Crippen molar-refractivity contribution in [1.29, 1.82) is 0 Å². The Bertz CT molecular complexity index is 193. The molecule has 0 saturated heterocycles. The summed E-state index contributed by atoms with van der Waals surface area (Å²) in [4.78, 5) is 0. The zero-order chi connectivity index (χ0) is 11.0. The summed E-state index contributed by atoms with van der Waals surface area (Å²) in [5.74, 6) is 11.8. The van der Waals surface area contributed by atoms with E-state index in [2.05, 4.69) is 31.1 Å². The largest absolute Gasteiger partial charge is 0.380 e. The predicted octanol–water partition coefficient (Wildman–Crippen LogP) is 1.29. The topological polar surface area (TPSA) is 47.3 Å². The van der Waals surface area contributed by atoms with Crippen LogP contribution in [-0.4, -0.2) is 19.3 Å². The number of hydrogen-bond acceptors (Lipinski definition) is 3. The van der Waals surface area contributed by atoms with Crippen molar-refractivity contribution in [1.82, 2.24) is 5.43 Å². The summed E-state index contributed by atoms with van der Waals surface area (Å²) in [7, 11) is 1.72. The number of hydrazine groups is 1. The second kappa shape index (κ2) is 7.81. The van der Waals surface area contributed by atoms with Gasteiger partial charge >= 0.3 is 0 Å². The zero-order valence-corrected chi connectivity index (χ0v) is 9.63. The molecular weight excluding hydrogens is 176 g/mol. The van der Waals surface area contributed by atoms with Crippen LogP contribution in [0, 0.1) is 17.8 Å². The number of nitrogens with one attached hydrogen (secondary N) is 1. The van der Waals surface area contributed by atoms with Crippen LogP contribution in [0.3, 0.4) is 0 Å². The third-order valence-corrected chi connectivity index (χ3v) is 2.30. The van der Waals surface area contributed by atoms with Gasteiger partial charge in [0.25, 0.3) is 0 Å². The molecule has 0 saturated carbocycles. The van der Waals surface area contributed by atoms with Gasteiger partial charge in [-0.05, 0) is 19.3 Å². The molecule has 3 N–H and O–H groups in total. The van der Waals surface area contributed by atoms with Crippen LogP contribution in [-0.2, 0) is 4.74 Å². The Balaban J connectivity index is 4.12. The Morgan fingerprint density at radius 3 is 2.43 bits per heavy atom. The molecule has 0 radical (unpaired) electrons. The molecule has 0 aliphatic heterocycles. The maximum Gasteiger partial charge on any atom is 0.0760 e. The van der Waals surface area contributed by atoms with Crippen molar-refractivity contribution in [2.75, 3.05) is 7.11 Å². The molecule has 82 valence electrons. The maximum atomic E-state index is 5.49. The van der Waals surface area contributed by atoms with Crippen LogP contribution < -0.4 is 11.3 Å². The summed E-state index contributed by atoms with van der Waals surface area (Å²) in [6.07, 6.45) is 1.94. The summed E-state index contributed by atoms with van der Waals surface area (Å²) in [5.41, 5.74) is 2.80. The van der Waals surface area contributed by atoms with Crippen LogP contribution in [0.1, 0.15) is 33.6 Å². The van der Waals surface area contributed by atoms with E-state index >= 15 is 0 Å². The lowest BCUT2D eigenvalue weighted by Gasteiger charge is -2.27. The average Bonchev–Trinajstić information content (AvgIpc) is 2.16. The fourth-order valence-corrected chi connectivity index (χ4v) is 1.60. The molecule has 3 nitrogen and oxygen atoms in total. The third-order valence-electron chi connectivity index (χ3n) is 2.30. The number of nitrogens with two attached hydrogens (primary N) is 1. The van der Waals surface area contributed by atoms with E-state index in [1.807, 2.05) is 6.92 Å². The SMILES string of the molecule is CC#CCCC(NN)C(OC)C(C)C. The van der Waals surface area contributed by atoms with Gasteiger partial charge < -0.3 is 4.74 Å². The fourth-order valence-electron chi connectivity index (χ4n) is 1.60. The summed E-state index contributed by atoms with van der Waals surface area (Å²) >= 11 is 0. The van der Waals surface area contributed by atoms with Crippen LogP contribution in [0.25, 0.3) is 0 Å². The van der Waals surface area contributed by atoms with Crippen molar-refractivity contribution in [3.05, 3.63) is 0 Å². The Kier molecular flexibility index (Phi) is 7.50. The lowest BCUT2D eigenvalue weighted by molar-refractivity contribution is 0.0311. The number of hydrogen-bond donors (Lipinski definition) is 2. The highest BCUT2D eigenvalue weighted by molar-refractivity contribution is 4.96. The summed E-state index contributed by atoms with van der Waals surface area (Å²) in [6.45, 7) is 6.11. The van der Waals surface area contributed by atoms with Crippen LogP contribution in [0.2, 0.25) is 0 Å². The van der Waals surface area contributed by atoms with E-state index in [9.17, 15) is 0 Å². The molecule has 0 aliphatic carbocycles. The first kappa shape index (κ1) is 13.4. The van der Waals surface area contributed by atoms with Gasteiger partial charge in [-0.1, -0.05) is 13.8 Å². The first-order valence-corrected chi connectivity index (χ1v) is 5.05. The fraction of sp³-hybridized carbons (Fsp3) is 0.818. The molecule has 0 aromatic heterocycles. The van der Waals surface area contributed by atoms with Gasteiger partial charge in [-0.3, -0.25) is 11.3 Å². The summed E-state index contributed by atoms with van der Waals surface area (Å²) in [5, 5.41) is 0. The van der Waals surface area contributed by atoms with Gasteiger partial charge in [0.2, 0.25) is 0 Å². The van der Waals surface area contributed by atoms with Crippen LogP contribution in [0.5, 0.6) is 0 Å². The van der Waals surface area contributed by atoms with Crippen molar-refractivity contribution < 1.29 is 4.74 Å². The monoisotopic (exact) mass is 198 g/mol. The summed E-state index contributed by atoms with van der Waals surface area (Å²) < 4.78 is 5.40. The first-order chi connectivity index (χ1) is 6.67. The highest BCUT2D eigenvalue weighted by Crippen LogP contribution is 2.13. The van der Waals surface area contributed by atoms with E-state index in [-0.39, 0.29) is 12.1 Å².